The smallest absolute Gasteiger partial charge is 0.241 e. The molecule has 1 fully saturated rings. The second kappa shape index (κ2) is 10.8. The Morgan fingerprint density at radius 1 is 1.00 bits per heavy atom. The van der Waals surface area contributed by atoms with E-state index in [1.54, 1.807) is 0 Å². The summed E-state index contributed by atoms with van der Waals surface area (Å²) in [4.78, 5) is 19.6. The van der Waals surface area contributed by atoms with Gasteiger partial charge in [0, 0.05) is 21.6 Å². The Labute approximate surface area is 212 Å². The normalized spacial score (nSPS) is 14.5. The summed E-state index contributed by atoms with van der Waals surface area (Å²) < 4.78 is 12.2. The average molecular weight is 533 g/mol. The number of benzene rings is 3. The average Bonchev–Trinajstić information content (AvgIpc) is 3.35. The Bertz CT molecular complexity index is 1270. The highest BCUT2D eigenvalue weighted by atomic mass is 79.9. The summed E-state index contributed by atoms with van der Waals surface area (Å²) in [6, 6.07) is 24.9. The van der Waals surface area contributed by atoms with Crippen molar-refractivity contribution in [2.24, 2.45) is 5.92 Å². The molecule has 1 N–H and O–H groups in total. The third kappa shape index (κ3) is 6.15. The first-order valence-corrected chi connectivity index (χ1v) is 12.4. The number of carbonyl (C=O) groups is 1. The van der Waals surface area contributed by atoms with E-state index >= 15 is 0 Å². The van der Waals surface area contributed by atoms with Crippen LogP contribution in [-0.2, 0) is 11.3 Å². The van der Waals surface area contributed by atoms with Crippen LogP contribution in [0, 0.1) is 5.92 Å². The second-order valence-corrected chi connectivity index (χ2v) is 9.42. The van der Waals surface area contributed by atoms with E-state index < -0.39 is 0 Å². The lowest BCUT2D eigenvalue weighted by Crippen LogP contribution is -2.37. The van der Waals surface area contributed by atoms with Crippen LogP contribution in [0.1, 0.15) is 18.7 Å². The summed E-state index contributed by atoms with van der Waals surface area (Å²) in [6.07, 6.45) is 1.57. The van der Waals surface area contributed by atoms with Gasteiger partial charge in [0.15, 0.2) is 0 Å². The van der Waals surface area contributed by atoms with Crippen LogP contribution in [0.15, 0.2) is 87.9 Å². The molecule has 0 spiro atoms. The first-order valence-electron chi connectivity index (χ1n) is 11.6. The molecule has 3 aromatic carbocycles. The molecule has 0 saturated carbocycles. The van der Waals surface area contributed by atoms with Crippen molar-refractivity contribution in [3.05, 3.63) is 89.2 Å². The topological polar surface area (TPSA) is 80.5 Å². The number of hydrogen-bond donors (Lipinski definition) is 1. The predicted molar refractivity (Wildman–Crippen MR) is 137 cm³/mol. The van der Waals surface area contributed by atoms with Crippen molar-refractivity contribution in [1.82, 2.24) is 15.0 Å². The van der Waals surface area contributed by atoms with Gasteiger partial charge in [0.1, 0.15) is 11.5 Å². The first-order chi connectivity index (χ1) is 17.1. The third-order valence-electron chi connectivity index (χ3n) is 5.97. The van der Waals surface area contributed by atoms with Gasteiger partial charge in [0.25, 0.3) is 0 Å². The number of likely N-dealkylation sites (tertiary alicyclic amines) is 1. The van der Waals surface area contributed by atoms with Crippen LogP contribution < -0.4 is 10.1 Å². The largest absolute Gasteiger partial charge is 0.457 e. The zero-order valence-electron chi connectivity index (χ0n) is 19.1. The van der Waals surface area contributed by atoms with E-state index in [1.807, 2.05) is 78.9 Å². The van der Waals surface area contributed by atoms with Gasteiger partial charge in [-0.3, -0.25) is 9.69 Å². The van der Waals surface area contributed by atoms with Crippen LogP contribution in [0.2, 0.25) is 0 Å². The molecule has 0 bridgehead atoms. The SMILES string of the molecule is O=C(Nc1ccc(Oc2ccccc2)cc1)C1CCN(Cc2nc(-c3cccc(Br)c3)no2)CC1. The zero-order valence-corrected chi connectivity index (χ0v) is 20.6. The third-order valence-corrected chi connectivity index (χ3v) is 6.46. The molecule has 7 nitrogen and oxygen atoms in total. The number of para-hydroxylation sites is 1. The van der Waals surface area contributed by atoms with Gasteiger partial charge in [0.05, 0.1) is 6.54 Å². The number of rotatable bonds is 7. The fraction of sp³-hybridized carbons (Fsp3) is 0.222. The summed E-state index contributed by atoms with van der Waals surface area (Å²) >= 11 is 3.47. The van der Waals surface area contributed by atoms with Crippen LogP contribution in [0.3, 0.4) is 0 Å². The van der Waals surface area contributed by atoms with Gasteiger partial charge < -0.3 is 14.6 Å². The molecule has 4 aromatic rings. The Morgan fingerprint density at radius 3 is 2.49 bits per heavy atom. The molecule has 0 aliphatic carbocycles. The molecular weight excluding hydrogens is 508 g/mol. The van der Waals surface area contributed by atoms with Crippen molar-refractivity contribution in [3.63, 3.8) is 0 Å². The van der Waals surface area contributed by atoms with E-state index in [9.17, 15) is 4.79 Å². The molecule has 5 rings (SSSR count). The molecule has 1 aliphatic heterocycles. The number of aromatic nitrogens is 2. The summed E-state index contributed by atoms with van der Waals surface area (Å²) in [5.41, 5.74) is 1.67. The van der Waals surface area contributed by atoms with Gasteiger partial charge in [-0.1, -0.05) is 51.4 Å². The molecular formula is C27H25BrN4O3. The molecule has 8 heteroatoms. The van der Waals surface area contributed by atoms with Gasteiger partial charge in [-0.05, 0) is 74.5 Å². The van der Waals surface area contributed by atoms with Gasteiger partial charge in [-0.25, -0.2) is 0 Å². The first kappa shape index (κ1) is 23.3. The fourth-order valence-corrected chi connectivity index (χ4v) is 4.48. The maximum absolute atomic E-state index is 12.8. The predicted octanol–water partition coefficient (Wildman–Crippen LogP) is 6.14. The number of piperidine rings is 1. The molecule has 1 amide bonds. The van der Waals surface area contributed by atoms with E-state index in [2.05, 4.69) is 36.3 Å². The molecule has 0 unspecified atom stereocenters. The lowest BCUT2D eigenvalue weighted by Gasteiger charge is -2.30. The van der Waals surface area contributed by atoms with E-state index in [4.69, 9.17) is 9.26 Å². The molecule has 0 atom stereocenters. The molecule has 0 radical (unpaired) electrons. The molecule has 1 aliphatic rings. The minimum Gasteiger partial charge on any atom is -0.457 e. The highest BCUT2D eigenvalue weighted by Gasteiger charge is 2.26. The summed E-state index contributed by atoms with van der Waals surface area (Å²) in [6.45, 7) is 2.19. The highest BCUT2D eigenvalue weighted by molar-refractivity contribution is 9.10. The molecule has 178 valence electrons. The summed E-state index contributed by atoms with van der Waals surface area (Å²) in [5, 5.41) is 7.14. The van der Waals surface area contributed by atoms with Crippen molar-refractivity contribution in [1.29, 1.82) is 0 Å². The Balaban J connectivity index is 1.09. The van der Waals surface area contributed by atoms with Crippen molar-refractivity contribution >= 4 is 27.5 Å². The number of amides is 1. The number of nitrogens with one attached hydrogen (secondary N) is 1. The number of carbonyl (C=O) groups excluding carboxylic acids is 1. The number of ether oxygens (including phenoxy) is 1. The highest BCUT2D eigenvalue weighted by Crippen LogP contribution is 2.25. The number of nitrogens with zero attached hydrogens (tertiary/aromatic N) is 3. The van der Waals surface area contributed by atoms with Crippen LogP contribution in [0.4, 0.5) is 5.69 Å². The maximum Gasteiger partial charge on any atom is 0.241 e. The molecule has 1 saturated heterocycles. The monoisotopic (exact) mass is 532 g/mol. The minimum atomic E-state index is -0.0218. The van der Waals surface area contributed by atoms with Crippen LogP contribution in [0.25, 0.3) is 11.4 Å². The van der Waals surface area contributed by atoms with E-state index in [0.717, 1.165) is 53.2 Å². The number of halogens is 1. The minimum absolute atomic E-state index is 0.0218. The van der Waals surface area contributed by atoms with Gasteiger partial charge in [0.2, 0.25) is 17.6 Å². The van der Waals surface area contributed by atoms with Crippen molar-refractivity contribution in [2.45, 2.75) is 19.4 Å². The standard InChI is InChI=1S/C27H25BrN4O3/c28-21-6-4-5-20(17-21)26-30-25(35-31-26)18-32-15-13-19(14-16-32)27(33)29-22-9-11-24(12-10-22)34-23-7-2-1-3-8-23/h1-12,17,19H,13-16,18H2,(H,29,33). The lowest BCUT2D eigenvalue weighted by molar-refractivity contribution is -0.121. The Morgan fingerprint density at radius 2 is 1.74 bits per heavy atom. The van der Waals surface area contributed by atoms with Gasteiger partial charge in [-0.2, -0.15) is 4.98 Å². The van der Waals surface area contributed by atoms with Crippen LogP contribution in [-0.4, -0.2) is 34.0 Å². The van der Waals surface area contributed by atoms with Crippen LogP contribution >= 0.6 is 15.9 Å². The van der Waals surface area contributed by atoms with Gasteiger partial charge in [-0.15, -0.1) is 0 Å². The Hall–Kier alpha value is -3.49. The summed E-state index contributed by atoms with van der Waals surface area (Å²) in [7, 11) is 0. The van der Waals surface area contributed by atoms with Crippen molar-refractivity contribution in [2.75, 3.05) is 18.4 Å². The zero-order chi connectivity index (χ0) is 24.0. The molecule has 1 aromatic heterocycles. The second-order valence-electron chi connectivity index (χ2n) is 8.50. The molecule has 2 heterocycles. The fourth-order valence-electron chi connectivity index (χ4n) is 4.08. The number of hydrogen-bond acceptors (Lipinski definition) is 6. The maximum atomic E-state index is 12.8. The quantitative estimate of drug-likeness (QED) is 0.307. The Kier molecular flexibility index (Phi) is 7.20. The van der Waals surface area contributed by atoms with Crippen LogP contribution in [0.5, 0.6) is 11.5 Å². The molecule has 35 heavy (non-hydrogen) atoms. The number of anilines is 1. The van der Waals surface area contributed by atoms with E-state index in [-0.39, 0.29) is 11.8 Å². The van der Waals surface area contributed by atoms with Crippen molar-refractivity contribution in [3.8, 4) is 22.9 Å². The van der Waals surface area contributed by atoms with E-state index in [0.29, 0.717) is 18.3 Å². The summed E-state index contributed by atoms with van der Waals surface area (Å²) in [5.74, 6) is 2.70. The van der Waals surface area contributed by atoms with E-state index in [1.165, 1.54) is 0 Å². The van der Waals surface area contributed by atoms with Gasteiger partial charge >= 0.3 is 0 Å². The lowest BCUT2D eigenvalue weighted by atomic mass is 9.96. The van der Waals surface area contributed by atoms with Crippen molar-refractivity contribution < 1.29 is 14.1 Å².